The highest BCUT2D eigenvalue weighted by Crippen LogP contribution is 2.20. The molecule has 2 aromatic rings. The van der Waals surface area contributed by atoms with Crippen LogP contribution in [0.2, 0.25) is 10.0 Å². The zero-order chi connectivity index (χ0) is 20.7. The molecule has 0 spiro atoms. The van der Waals surface area contributed by atoms with Gasteiger partial charge in [-0.25, -0.2) is 0 Å². The van der Waals surface area contributed by atoms with Crippen LogP contribution in [0.4, 0.5) is 0 Å². The van der Waals surface area contributed by atoms with Crippen LogP contribution < -0.4 is 10.1 Å². The molecule has 5 nitrogen and oxygen atoms in total. The maximum Gasteiger partial charge on any atom is 0.261 e. The quantitative estimate of drug-likeness (QED) is 0.688. The molecule has 0 aliphatic heterocycles. The topological polar surface area (TPSA) is 58.6 Å². The molecule has 2 amide bonds. The summed E-state index contributed by atoms with van der Waals surface area (Å²) in [5, 5.41) is 3.89. The van der Waals surface area contributed by atoms with Gasteiger partial charge >= 0.3 is 0 Å². The van der Waals surface area contributed by atoms with Gasteiger partial charge in [-0.3, -0.25) is 9.59 Å². The second-order valence-electron chi connectivity index (χ2n) is 6.70. The summed E-state index contributed by atoms with van der Waals surface area (Å²) in [5.41, 5.74) is 0.754. The van der Waals surface area contributed by atoms with Crippen LogP contribution in [0.5, 0.6) is 5.75 Å². The zero-order valence-electron chi connectivity index (χ0n) is 16.1. The monoisotopic (exact) mass is 422 g/mol. The maximum absolute atomic E-state index is 12.9. The molecule has 0 saturated heterocycles. The van der Waals surface area contributed by atoms with Crippen molar-refractivity contribution in [2.75, 3.05) is 6.61 Å². The van der Waals surface area contributed by atoms with Crippen molar-refractivity contribution in [1.29, 1.82) is 0 Å². The fraction of sp³-hybridized carbons (Fsp3) is 0.333. The Morgan fingerprint density at radius 3 is 2.43 bits per heavy atom. The molecule has 28 heavy (non-hydrogen) atoms. The molecular formula is C21H24Cl2N2O3. The van der Waals surface area contributed by atoms with Crippen LogP contribution in [0.1, 0.15) is 26.3 Å². The van der Waals surface area contributed by atoms with Gasteiger partial charge in [-0.15, -0.1) is 0 Å². The Morgan fingerprint density at radius 2 is 1.79 bits per heavy atom. The molecule has 150 valence electrons. The summed E-state index contributed by atoms with van der Waals surface area (Å²) in [6.45, 7) is 5.40. The summed E-state index contributed by atoms with van der Waals surface area (Å²) in [6.07, 6.45) is 0. The summed E-state index contributed by atoms with van der Waals surface area (Å²) >= 11 is 12.2. The van der Waals surface area contributed by atoms with Gasteiger partial charge in [0.1, 0.15) is 11.8 Å². The number of carbonyl (C=O) groups is 2. The van der Waals surface area contributed by atoms with Crippen molar-refractivity contribution < 1.29 is 14.3 Å². The van der Waals surface area contributed by atoms with Gasteiger partial charge in [0.2, 0.25) is 5.91 Å². The minimum Gasteiger partial charge on any atom is -0.484 e. The van der Waals surface area contributed by atoms with E-state index in [1.165, 1.54) is 4.90 Å². The molecule has 2 rings (SSSR count). The number of nitrogens with zero attached hydrogens (tertiary/aromatic N) is 1. The van der Waals surface area contributed by atoms with Crippen LogP contribution >= 0.6 is 23.2 Å². The van der Waals surface area contributed by atoms with Crippen molar-refractivity contribution >= 4 is 35.0 Å². The molecule has 0 aliphatic carbocycles. The number of carbonyl (C=O) groups excluding carboxylic acids is 2. The smallest absolute Gasteiger partial charge is 0.261 e. The van der Waals surface area contributed by atoms with Crippen molar-refractivity contribution in [3.63, 3.8) is 0 Å². The van der Waals surface area contributed by atoms with Gasteiger partial charge < -0.3 is 15.0 Å². The van der Waals surface area contributed by atoms with Crippen LogP contribution in [0.15, 0.2) is 48.5 Å². The minimum atomic E-state index is -0.686. The predicted octanol–water partition coefficient (Wildman–Crippen LogP) is 4.31. The first-order valence-corrected chi connectivity index (χ1v) is 9.75. The third kappa shape index (κ3) is 6.43. The first kappa shape index (κ1) is 22.1. The van der Waals surface area contributed by atoms with E-state index in [9.17, 15) is 9.59 Å². The predicted molar refractivity (Wildman–Crippen MR) is 112 cm³/mol. The van der Waals surface area contributed by atoms with Crippen LogP contribution in [-0.4, -0.2) is 35.4 Å². The standard InChI is InChI=1S/C21H24Cl2N2O3/c1-14(2)24-21(27)15(3)25(12-16-7-4-5-10-19(16)23)20(26)13-28-18-9-6-8-17(22)11-18/h4-11,14-15H,12-13H2,1-3H3,(H,24,27)/t15-/m1/s1. The molecule has 1 N–H and O–H groups in total. The number of amides is 2. The highest BCUT2D eigenvalue weighted by molar-refractivity contribution is 6.31. The molecule has 0 aliphatic rings. The van der Waals surface area contributed by atoms with E-state index in [1.54, 1.807) is 37.3 Å². The third-order valence-corrected chi connectivity index (χ3v) is 4.66. The number of rotatable bonds is 8. The summed E-state index contributed by atoms with van der Waals surface area (Å²) in [4.78, 5) is 26.9. The van der Waals surface area contributed by atoms with Gasteiger partial charge in [0.05, 0.1) is 0 Å². The molecule has 0 fully saturated rings. The lowest BCUT2D eigenvalue weighted by Gasteiger charge is -2.29. The molecule has 2 aromatic carbocycles. The van der Waals surface area contributed by atoms with Gasteiger partial charge in [0.25, 0.3) is 5.91 Å². The summed E-state index contributed by atoms with van der Waals surface area (Å²) in [7, 11) is 0. The fourth-order valence-electron chi connectivity index (χ4n) is 2.58. The SMILES string of the molecule is CC(C)NC(=O)[C@@H](C)N(Cc1ccccc1Cl)C(=O)COc1cccc(Cl)c1. The van der Waals surface area contributed by atoms with E-state index >= 15 is 0 Å². The first-order valence-electron chi connectivity index (χ1n) is 8.99. The zero-order valence-corrected chi connectivity index (χ0v) is 17.6. The van der Waals surface area contributed by atoms with Crippen molar-refractivity contribution in [2.45, 2.75) is 39.4 Å². The molecule has 0 bridgehead atoms. The van der Waals surface area contributed by atoms with E-state index in [1.807, 2.05) is 32.0 Å². The van der Waals surface area contributed by atoms with Gasteiger partial charge in [-0.1, -0.05) is 47.5 Å². The normalized spacial score (nSPS) is 11.8. The van der Waals surface area contributed by atoms with Gasteiger partial charge in [0, 0.05) is 22.6 Å². The molecule has 0 aromatic heterocycles. The van der Waals surface area contributed by atoms with Crippen LogP contribution in [0.3, 0.4) is 0 Å². The average Bonchev–Trinajstić information content (AvgIpc) is 2.64. The lowest BCUT2D eigenvalue weighted by molar-refractivity contribution is -0.142. The van der Waals surface area contributed by atoms with Crippen molar-refractivity contribution in [3.8, 4) is 5.75 Å². The summed E-state index contributed by atoms with van der Waals surface area (Å²) in [6, 6.07) is 13.3. The van der Waals surface area contributed by atoms with E-state index in [-0.39, 0.29) is 31.0 Å². The molecule has 1 atom stereocenters. The lowest BCUT2D eigenvalue weighted by Crippen LogP contribution is -2.50. The largest absolute Gasteiger partial charge is 0.484 e. The Bertz CT molecular complexity index is 827. The number of halogens is 2. The van der Waals surface area contributed by atoms with Gasteiger partial charge in [-0.2, -0.15) is 0 Å². The van der Waals surface area contributed by atoms with Crippen LogP contribution in [0, 0.1) is 0 Å². The second kappa shape index (κ2) is 10.3. The lowest BCUT2D eigenvalue weighted by atomic mass is 10.1. The summed E-state index contributed by atoms with van der Waals surface area (Å²) < 4.78 is 5.57. The van der Waals surface area contributed by atoms with Crippen molar-refractivity contribution in [1.82, 2.24) is 10.2 Å². The Balaban J connectivity index is 2.17. The maximum atomic E-state index is 12.9. The van der Waals surface area contributed by atoms with E-state index in [0.717, 1.165) is 5.56 Å². The van der Waals surface area contributed by atoms with Gasteiger partial charge in [0.15, 0.2) is 6.61 Å². The van der Waals surface area contributed by atoms with E-state index in [2.05, 4.69) is 5.32 Å². The Labute approximate surface area is 175 Å². The van der Waals surface area contributed by atoms with Crippen LogP contribution in [0.25, 0.3) is 0 Å². The Morgan fingerprint density at radius 1 is 1.07 bits per heavy atom. The van der Waals surface area contributed by atoms with Crippen LogP contribution in [-0.2, 0) is 16.1 Å². The average molecular weight is 423 g/mol. The molecule has 0 saturated carbocycles. The Kier molecular flexibility index (Phi) is 8.15. The highest BCUT2D eigenvalue weighted by atomic mass is 35.5. The molecular weight excluding hydrogens is 399 g/mol. The number of hydrogen-bond donors (Lipinski definition) is 1. The molecule has 0 radical (unpaired) electrons. The molecule has 7 heteroatoms. The fourth-order valence-corrected chi connectivity index (χ4v) is 2.96. The number of nitrogens with one attached hydrogen (secondary N) is 1. The van der Waals surface area contributed by atoms with E-state index < -0.39 is 6.04 Å². The summed E-state index contributed by atoms with van der Waals surface area (Å²) in [5.74, 6) is -0.0812. The van der Waals surface area contributed by atoms with Gasteiger partial charge in [-0.05, 0) is 50.6 Å². The number of hydrogen-bond acceptors (Lipinski definition) is 3. The highest BCUT2D eigenvalue weighted by Gasteiger charge is 2.27. The third-order valence-electron chi connectivity index (χ3n) is 4.06. The molecule has 0 unspecified atom stereocenters. The van der Waals surface area contributed by atoms with Crippen molar-refractivity contribution in [3.05, 3.63) is 64.1 Å². The Hall–Kier alpha value is -2.24. The minimum absolute atomic E-state index is 0.0325. The first-order chi connectivity index (χ1) is 13.3. The van der Waals surface area contributed by atoms with E-state index in [4.69, 9.17) is 27.9 Å². The van der Waals surface area contributed by atoms with E-state index in [0.29, 0.717) is 15.8 Å². The second-order valence-corrected chi connectivity index (χ2v) is 7.54. The van der Waals surface area contributed by atoms with Crippen molar-refractivity contribution in [2.24, 2.45) is 0 Å². The number of ether oxygens (including phenoxy) is 1. The molecule has 0 heterocycles. The number of benzene rings is 2.